The Kier molecular flexibility index (Phi) is 4.95. The number of aromatic amines is 2. The van der Waals surface area contributed by atoms with Gasteiger partial charge in [0.1, 0.15) is 4.83 Å². The number of nitrogens with zero attached hydrogens (tertiary/aromatic N) is 1. The van der Waals surface area contributed by atoms with E-state index in [9.17, 15) is 19.5 Å². The Morgan fingerprint density at radius 3 is 2.77 bits per heavy atom. The lowest BCUT2D eigenvalue weighted by atomic mass is 9.99. The number of fused-ring (bicyclic) bond motifs is 2. The molecule has 2 aromatic carbocycles. The number of aliphatic hydroxyl groups is 1. The number of rotatable bonds is 3. The molecule has 0 bridgehead atoms. The van der Waals surface area contributed by atoms with Crippen molar-refractivity contribution in [1.82, 2.24) is 14.9 Å². The second kappa shape index (κ2) is 7.79. The van der Waals surface area contributed by atoms with Crippen molar-refractivity contribution in [3.8, 4) is 0 Å². The van der Waals surface area contributed by atoms with Gasteiger partial charge >= 0.3 is 5.69 Å². The summed E-state index contributed by atoms with van der Waals surface area (Å²) in [4.78, 5) is 45.6. The summed E-state index contributed by atoms with van der Waals surface area (Å²) >= 11 is 1.26. The number of carbonyl (C=O) groups excluding carboxylic acids is 1. The van der Waals surface area contributed by atoms with Crippen molar-refractivity contribution in [2.45, 2.75) is 25.4 Å². The molecule has 31 heavy (non-hydrogen) atoms. The zero-order chi connectivity index (χ0) is 21.5. The normalized spacial score (nSPS) is 16.8. The molecule has 1 aliphatic heterocycles. The summed E-state index contributed by atoms with van der Waals surface area (Å²) in [5.41, 5.74) is 0.193. The van der Waals surface area contributed by atoms with Crippen LogP contribution in [0.3, 0.4) is 0 Å². The topological polar surface area (TPSA) is 106 Å². The summed E-state index contributed by atoms with van der Waals surface area (Å²) in [6, 6.07) is 14.0. The fraction of sp³-hybridized carbons (Fsp3) is 0.261. The van der Waals surface area contributed by atoms with Crippen LogP contribution in [0.15, 0.2) is 52.1 Å². The summed E-state index contributed by atoms with van der Waals surface area (Å²) in [7, 11) is 0. The maximum atomic E-state index is 13.5. The summed E-state index contributed by atoms with van der Waals surface area (Å²) in [6.45, 7) is 0.771. The third kappa shape index (κ3) is 3.58. The largest absolute Gasteiger partial charge is 0.391 e. The van der Waals surface area contributed by atoms with Gasteiger partial charge in [0.15, 0.2) is 0 Å². The quantitative estimate of drug-likeness (QED) is 0.460. The molecule has 1 fully saturated rings. The van der Waals surface area contributed by atoms with E-state index in [-0.39, 0.29) is 17.8 Å². The zero-order valence-electron chi connectivity index (χ0n) is 16.7. The molecule has 0 spiro atoms. The first-order chi connectivity index (χ1) is 15.0. The predicted molar refractivity (Wildman–Crippen MR) is 121 cm³/mol. The third-order valence-electron chi connectivity index (χ3n) is 5.79. The lowest BCUT2D eigenvalue weighted by molar-refractivity contribution is 0.0475. The molecule has 5 rings (SSSR count). The minimum Gasteiger partial charge on any atom is -0.391 e. The van der Waals surface area contributed by atoms with Gasteiger partial charge in [-0.2, -0.15) is 0 Å². The van der Waals surface area contributed by atoms with E-state index in [4.69, 9.17) is 0 Å². The Labute approximate surface area is 181 Å². The van der Waals surface area contributed by atoms with Crippen LogP contribution in [0.1, 0.15) is 33.6 Å². The van der Waals surface area contributed by atoms with Crippen LogP contribution < -0.4 is 11.2 Å². The van der Waals surface area contributed by atoms with Crippen molar-refractivity contribution >= 4 is 38.2 Å². The molecule has 7 nitrogen and oxygen atoms in total. The van der Waals surface area contributed by atoms with Crippen molar-refractivity contribution in [3.63, 3.8) is 0 Å². The summed E-state index contributed by atoms with van der Waals surface area (Å²) in [5, 5.41) is 12.4. The van der Waals surface area contributed by atoms with E-state index in [1.54, 1.807) is 4.90 Å². The maximum Gasteiger partial charge on any atom is 0.326 e. The number of benzene rings is 2. The molecule has 158 valence electrons. The Balaban J connectivity index is 1.68. The van der Waals surface area contributed by atoms with Gasteiger partial charge in [-0.05, 0) is 29.2 Å². The van der Waals surface area contributed by atoms with Crippen molar-refractivity contribution in [3.05, 3.63) is 79.3 Å². The van der Waals surface area contributed by atoms with Gasteiger partial charge in [-0.1, -0.05) is 42.5 Å². The first-order valence-electron chi connectivity index (χ1n) is 10.2. The zero-order valence-corrected chi connectivity index (χ0v) is 17.5. The van der Waals surface area contributed by atoms with Crippen molar-refractivity contribution in [2.75, 3.05) is 13.1 Å². The van der Waals surface area contributed by atoms with Gasteiger partial charge < -0.3 is 10.0 Å². The fourth-order valence-corrected chi connectivity index (χ4v) is 5.56. The van der Waals surface area contributed by atoms with Crippen LogP contribution in [-0.2, 0) is 6.42 Å². The van der Waals surface area contributed by atoms with Crippen LogP contribution in [0, 0.1) is 0 Å². The van der Waals surface area contributed by atoms with E-state index in [2.05, 4.69) is 9.97 Å². The molecule has 3 heterocycles. The molecule has 0 aliphatic carbocycles. The molecule has 1 aliphatic rings. The molecule has 0 radical (unpaired) electrons. The second-order valence-corrected chi connectivity index (χ2v) is 8.98. The minimum absolute atomic E-state index is 0.213. The molecule has 3 N–H and O–H groups in total. The average molecular weight is 436 g/mol. The highest BCUT2D eigenvalue weighted by Gasteiger charge is 2.29. The molecule has 1 amide bonds. The highest BCUT2D eigenvalue weighted by molar-refractivity contribution is 7.19. The maximum absolute atomic E-state index is 13.5. The van der Waals surface area contributed by atoms with E-state index >= 15 is 0 Å². The Hall–Kier alpha value is -3.23. The van der Waals surface area contributed by atoms with Crippen LogP contribution >= 0.6 is 11.3 Å². The first-order valence-corrected chi connectivity index (χ1v) is 11.0. The van der Waals surface area contributed by atoms with Crippen molar-refractivity contribution in [2.24, 2.45) is 0 Å². The highest BCUT2D eigenvalue weighted by Crippen LogP contribution is 2.32. The number of carbonyl (C=O) groups is 1. The van der Waals surface area contributed by atoms with Crippen LogP contribution in [0.4, 0.5) is 0 Å². The lowest BCUT2D eigenvalue weighted by Gasteiger charge is -2.30. The van der Waals surface area contributed by atoms with Crippen LogP contribution in [0.5, 0.6) is 0 Å². The number of likely N-dealkylation sites (tertiary alicyclic amines) is 1. The monoisotopic (exact) mass is 435 g/mol. The Morgan fingerprint density at radius 2 is 1.94 bits per heavy atom. The summed E-state index contributed by atoms with van der Waals surface area (Å²) in [6.07, 6.45) is 1.26. The van der Waals surface area contributed by atoms with Crippen LogP contribution in [-0.4, -0.2) is 45.1 Å². The number of H-pyrrole nitrogens is 2. The second-order valence-electron chi connectivity index (χ2n) is 7.87. The predicted octanol–water partition coefficient (Wildman–Crippen LogP) is 2.62. The van der Waals surface area contributed by atoms with Gasteiger partial charge in [0.2, 0.25) is 0 Å². The summed E-state index contributed by atoms with van der Waals surface area (Å²) in [5.74, 6) is -0.280. The van der Waals surface area contributed by atoms with Gasteiger partial charge in [-0.25, -0.2) is 4.79 Å². The number of aromatic nitrogens is 2. The third-order valence-corrected chi connectivity index (χ3v) is 6.90. The van der Waals surface area contributed by atoms with Gasteiger partial charge in [-0.3, -0.25) is 19.6 Å². The molecular formula is C23H21N3O4S. The molecule has 0 unspecified atom stereocenters. The van der Waals surface area contributed by atoms with E-state index in [1.165, 1.54) is 11.3 Å². The number of thiophene rings is 1. The van der Waals surface area contributed by atoms with E-state index in [1.807, 2.05) is 42.5 Å². The Morgan fingerprint density at radius 1 is 1.13 bits per heavy atom. The number of hydrogen-bond donors (Lipinski definition) is 3. The first kappa shape index (κ1) is 19.7. The standard InChI is InChI=1S/C23H21N3O4S/c27-15-8-4-10-26(12-15)22(29)18-17(31-21-19(18)20(28)24-23(30)25-21)11-14-7-3-6-13-5-1-2-9-16(13)14/h1-3,5-7,9,15,27H,4,8,10-12H2,(H2,24,25,28,30)/t15-/m1/s1. The number of aliphatic hydroxyl groups excluding tert-OH is 1. The summed E-state index contributed by atoms with van der Waals surface area (Å²) < 4.78 is 0. The average Bonchev–Trinajstić information content (AvgIpc) is 3.11. The minimum atomic E-state index is -0.595. The molecular weight excluding hydrogens is 414 g/mol. The SMILES string of the molecule is O=C(c1c(Cc2cccc3ccccc23)sc2[nH]c(=O)[nH]c(=O)c12)N1CCC[C@@H](O)C1. The number of piperidine rings is 1. The molecule has 1 saturated heterocycles. The Bertz CT molecular complexity index is 1410. The molecule has 2 aromatic heterocycles. The smallest absolute Gasteiger partial charge is 0.326 e. The number of nitrogens with one attached hydrogen (secondary N) is 2. The highest BCUT2D eigenvalue weighted by atomic mass is 32.1. The molecule has 0 saturated carbocycles. The van der Waals surface area contributed by atoms with Gasteiger partial charge in [0, 0.05) is 24.4 Å². The van der Waals surface area contributed by atoms with E-state index in [0.29, 0.717) is 36.2 Å². The number of amides is 1. The van der Waals surface area contributed by atoms with Crippen molar-refractivity contribution < 1.29 is 9.90 Å². The molecule has 1 atom stereocenters. The van der Waals surface area contributed by atoms with E-state index < -0.39 is 17.4 Å². The van der Waals surface area contributed by atoms with Gasteiger partial charge in [0.05, 0.1) is 17.1 Å². The number of β-amino-alcohol motifs (C(OH)–C–C–N with tert-alkyl or cyclic N) is 1. The fourth-order valence-electron chi connectivity index (χ4n) is 4.35. The van der Waals surface area contributed by atoms with Crippen LogP contribution in [0.2, 0.25) is 0 Å². The van der Waals surface area contributed by atoms with Gasteiger partial charge in [0.25, 0.3) is 11.5 Å². The molecule has 8 heteroatoms. The lowest BCUT2D eigenvalue weighted by Crippen LogP contribution is -2.42. The van der Waals surface area contributed by atoms with E-state index in [0.717, 1.165) is 21.2 Å². The van der Waals surface area contributed by atoms with Crippen molar-refractivity contribution in [1.29, 1.82) is 0 Å². The van der Waals surface area contributed by atoms with Crippen LogP contribution in [0.25, 0.3) is 21.0 Å². The van der Waals surface area contributed by atoms with Gasteiger partial charge in [-0.15, -0.1) is 11.3 Å². The molecule has 4 aromatic rings. The number of hydrogen-bond acceptors (Lipinski definition) is 5.